The Balaban J connectivity index is 1.59. The van der Waals surface area contributed by atoms with E-state index in [4.69, 9.17) is 4.74 Å². The zero-order chi connectivity index (χ0) is 19.3. The van der Waals surface area contributed by atoms with Crippen LogP contribution in [0, 0.1) is 10.1 Å². The molecule has 2 heterocycles. The summed E-state index contributed by atoms with van der Waals surface area (Å²) in [5.74, 6) is 1.58. The van der Waals surface area contributed by atoms with Gasteiger partial charge in [0.2, 0.25) is 11.6 Å². The van der Waals surface area contributed by atoms with Gasteiger partial charge in [0.25, 0.3) is 0 Å². The van der Waals surface area contributed by atoms with Crippen molar-refractivity contribution in [2.75, 3.05) is 5.32 Å². The highest BCUT2D eigenvalue weighted by Crippen LogP contribution is 2.31. The molecule has 0 aliphatic heterocycles. The molecule has 0 atom stereocenters. The summed E-state index contributed by atoms with van der Waals surface area (Å²) in [4.78, 5) is 23.0. The van der Waals surface area contributed by atoms with E-state index < -0.39 is 4.92 Å². The number of imidazole rings is 1. The number of hydrogen-bond donors (Lipinski definition) is 1. The molecule has 0 aliphatic carbocycles. The van der Waals surface area contributed by atoms with Crippen molar-refractivity contribution in [1.29, 1.82) is 0 Å². The van der Waals surface area contributed by atoms with Gasteiger partial charge in [0.15, 0.2) is 0 Å². The molecule has 0 spiro atoms. The molecule has 9 nitrogen and oxygen atoms in total. The highest BCUT2D eigenvalue weighted by molar-refractivity contribution is 5.70. The summed E-state index contributed by atoms with van der Waals surface area (Å²) in [5.41, 5.74) is 0.379. The predicted octanol–water partition coefficient (Wildman–Crippen LogP) is 4.11. The van der Waals surface area contributed by atoms with Gasteiger partial charge in [-0.15, -0.1) is 0 Å². The van der Waals surface area contributed by atoms with Crippen LogP contribution in [0.15, 0.2) is 79.6 Å². The van der Waals surface area contributed by atoms with Gasteiger partial charge in [-0.3, -0.25) is 14.7 Å². The molecule has 2 aromatic heterocycles. The third kappa shape index (κ3) is 3.63. The van der Waals surface area contributed by atoms with Gasteiger partial charge in [-0.05, 0) is 36.4 Å². The summed E-state index contributed by atoms with van der Waals surface area (Å²) >= 11 is 0. The van der Waals surface area contributed by atoms with Crippen LogP contribution >= 0.6 is 0 Å². The van der Waals surface area contributed by atoms with E-state index in [9.17, 15) is 10.1 Å². The van der Waals surface area contributed by atoms with E-state index in [1.807, 2.05) is 30.3 Å². The van der Waals surface area contributed by atoms with Crippen molar-refractivity contribution in [2.45, 2.75) is 0 Å². The highest BCUT2D eigenvalue weighted by atomic mass is 16.6. The molecule has 138 valence electrons. The topological polar surface area (TPSA) is 108 Å². The third-order valence-electron chi connectivity index (χ3n) is 3.83. The third-order valence-corrected chi connectivity index (χ3v) is 3.83. The normalized spacial score (nSPS) is 10.4. The number of nitrogens with one attached hydrogen (secondary N) is 1. The fraction of sp³-hybridized carbons (Fsp3) is 0. The number of para-hydroxylation sites is 1. The quantitative estimate of drug-likeness (QED) is 0.400. The van der Waals surface area contributed by atoms with Gasteiger partial charge in [0, 0.05) is 18.1 Å². The molecule has 0 saturated carbocycles. The second-order valence-electron chi connectivity index (χ2n) is 5.69. The number of aromatic nitrogens is 4. The zero-order valence-corrected chi connectivity index (χ0v) is 14.5. The van der Waals surface area contributed by atoms with Gasteiger partial charge < -0.3 is 10.1 Å². The number of ether oxygens (including phenoxy) is 1. The van der Waals surface area contributed by atoms with Crippen molar-refractivity contribution >= 4 is 17.2 Å². The largest absolute Gasteiger partial charge is 0.457 e. The first-order chi connectivity index (χ1) is 13.7. The second kappa shape index (κ2) is 7.54. The van der Waals surface area contributed by atoms with Gasteiger partial charge in [0.1, 0.15) is 24.2 Å². The number of anilines is 2. The van der Waals surface area contributed by atoms with Crippen molar-refractivity contribution in [1.82, 2.24) is 19.5 Å². The van der Waals surface area contributed by atoms with Crippen molar-refractivity contribution in [3.63, 3.8) is 0 Å². The monoisotopic (exact) mass is 374 g/mol. The van der Waals surface area contributed by atoms with Crippen molar-refractivity contribution in [2.24, 2.45) is 0 Å². The van der Waals surface area contributed by atoms with E-state index in [0.29, 0.717) is 11.4 Å². The smallest absolute Gasteiger partial charge is 0.354 e. The van der Waals surface area contributed by atoms with E-state index >= 15 is 0 Å². The molecule has 0 radical (unpaired) electrons. The Hall–Kier alpha value is -4.27. The van der Waals surface area contributed by atoms with Crippen molar-refractivity contribution in [3.05, 3.63) is 89.8 Å². The average Bonchev–Trinajstić information content (AvgIpc) is 3.25. The van der Waals surface area contributed by atoms with Crippen LogP contribution in [0.2, 0.25) is 0 Å². The maximum absolute atomic E-state index is 11.6. The van der Waals surface area contributed by atoms with Gasteiger partial charge in [-0.2, -0.15) is 0 Å². The van der Waals surface area contributed by atoms with Crippen LogP contribution in [-0.4, -0.2) is 24.4 Å². The standard InChI is InChI=1S/C19H14N6O3/c26-25(27)17-18(21-12-22-19(17)24-11-10-20-13-24)23-14-6-8-16(9-7-14)28-15-4-2-1-3-5-15/h1-13H,(H,21,22,23). The molecule has 4 aromatic rings. The van der Waals surface area contributed by atoms with Gasteiger partial charge >= 0.3 is 5.69 Å². The van der Waals surface area contributed by atoms with Gasteiger partial charge in [0.05, 0.1) is 4.92 Å². The Bertz CT molecular complexity index is 1080. The summed E-state index contributed by atoms with van der Waals surface area (Å²) < 4.78 is 7.20. The van der Waals surface area contributed by atoms with E-state index in [0.717, 1.165) is 5.75 Å². The highest BCUT2D eigenvalue weighted by Gasteiger charge is 2.24. The molecule has 0 amide bonds. The first-order valence-corrected chi connectivity index (χ1v) is 8.28. The van der Waals surface area contributed by atoms with Crippen LogP contribution in [0.25, 0.3) is 5.82 Å². The van der Waals surface area contributed by atoms with Crippen LogP contribution in [0.4, 0.5) is 17.2 Å². The minimum atomic E-state index is -0.523. The minimum absolute atomic E-state index is 0.0837. The molecule has 4 rings (SSSR count). The van der Waals surface area contributed by atoms with E-state index in [-0.39, 0.29) is 17.3 Å². The summed E-state index contributed by atoms with van der Waals surface area (Å²) in [7, 11) is 0. The Labute approximate surface area is 159 Å². The Morgan fingerprint density at radius 3 is 2.43 bits per heavy atom. The molecule has 28 heavy (non-hydrogen) atoms. The van der Waals surface area contributed by atoms with Gasteiger partial charge in [-0.25, -0.2) is 15.0 Å². The predicted molar refractivity (Wildman–Crippen MR) is 102 cm³/mol. The molecular formula is C19H14N6O3. The molecule has 9 heteroatoms. The molecule has 1 N–H and O–H groups in total. The Morgan fingerprint density at radius 1 is 1.00 bits per heavy atom. The van der Waals surface area contributed by atoms with Crippen LogP contribution in [0.5, 0.6) is 11.5 Å². The Kier molecular flexibility index (Phi) is 4.62. The lowest BCUT2D eigenvalue weighted by Gasteiger charge is -2.10. The fourth-order valence-electron chi connectivity index (χ4n) is 2.57. The lowest BCUT2D eigenvalue weighted by Crippen LogP contribution is -2.06. The maximum Gasteiger partial charge on any atom is 0.354 e. The zero-order valence-electron chi connectivity index (χ0n) is 14.5. The van der Waals surface area contributed by atoms with Crippen molar-refractivity contribution < 1.29 is 9.66 Å². The second-order valence-corrected chi connectivity index (χ2v) is 5.69. The van der Waals surface area contributed by atoms with E-state index in [1.165, 1.54) is 23.4 Å². The minimum Gasteiger partial charge on any atom is -0.457 e. The number of nitro groups is 1. The molecule has 0 aliphatic rings. The summed E-state index contributed by atoms with van der Waals surface area (Å²) in [6.45, 7) is 0. The Morgan fingerprint density at radius 2 is 1.75 bits per heavy atom. The van der Waals surface area contributed by atoms with Crippen LogP contribution in [-0.2, 0) is 0 Å². The summed E-state index contributed by atoms with van der Waals surface area (Å²) in [6.07, 6.45) is 5.80. The van der Waals surface area contributed by atoms with Crippen LogP contribution < -0.4 is 10.1 Å². The number of benzene rings is 2. The maximum atomic E-state index is 11.6. The number of nitrogens with zero attached hydrogens (tertiary/aromatic N) is 5. The summed E-state index contributed by atoms with van der Waals surface area (Å²) in [6, 6.07) is 16.4. The van der Waals surface area contributed by atoms with Gasteiger partial charge in [-0.1, -0.05) is 18.2 Å². The number of rotatable bonds is 6. The fourth-order valence-corrected chi connectivity index (χ4v) is 2.57. The molecule has 2 aromatic carbocycles. The first-order valence-electron chi connectivity index (χ1n) is 8.28. The summed E-state index contributed by atoms with van der Waals surface area (Å²) in [5, 5.41) is 14.6. The van der Waals surface area contributed by atoms with Crippen molar-refractivity contribution in [3.8, 4) is 17.3 Å². The molecule has 0 fully saturated rings. The molecule has 0 bridgehead atoms. The first kappa shape index (κ1) is 17.2. The average molecular weight is 374 g/mol. The van der Waals surface area contributed by atoms with Crippen LogP contribution in [0.3, 0.4) is 0 Å². The van der Waals surface area contributed by atoms with E-state index in [2.05, 4.69) is 20.3 Å². The molecule has 0 saturated heterocycles. The van der Waals surface area contributed by atoms with Crippen LogP contribution in [0.1, 0.15) is 0 Å². The molecular weight excluding hydrogens is 360 g/mol. The number of hydrogen-bond acceptors (Lipinski definition) is 7. The lowest BCUT2D eigenvalue weighted by molar-refractivity contribution is -0.384. The SMILES string of the molecule is O=[N+]([O-])c1c(Nc2ccc(Oc3ccccc3)cc2)ncnc1-n1ccnc1. The molecule has 0 unspecified atom stereocenters. The van der Waals surface area contributed by atoms with E-state index in [1.54, 1.807) is 30.5 Å². The lowest BCUT2D eigenvalue weighted by atomic mass is 10.3.